The van der Waals surface area contributed by atoms with Crippen LogP contribution >= 0.6 is 22.7 Å². The molecule has 6 N–H and O–H groups in total. The third-order valence-electron chi connectivity index (χ3n) is 9.52. The van der Waals surface area contributed by atoms with Crippen molar-refractivity contribution in [3.8, 4) is 5.75 Å². The fourth-order valence-corrected chi connectivity index (χ4v) is 8.30. The molecule has 54 heavy (non-hydrogen) atoms. The molecule has 6 rings (SSSR count). The number of halogens is 3. The molecule has 5 aromatic rings. The molecule has 3 heterocycles. The van der Waals surface area contributed by atoms with Gasteiger partial charge in [0.2, 0.25) is 17.1 Å². The van der Waals surface area contributed by atoms with Crippen LogP contribution in [0.5, 0.6) is 5.75 Å². The van der Waals surface area contributed by atoms with E-state index in [0.717, 1.165) is 12.8 Å². The number of nitrogens with one attached hydrogen (secondary N) is 3. The fraction of sp³-hybridized carbons (Fsp3) is 0.342. The van der Waals surface area contributed by atoms with Crippen molar-refractivity contribution in [2.24, 2.45) is 0 Å². The maximum Gasteiger partial charge on any atom is 0.349 e. The van der Waals surface area contributed by atoms with Crippen molar-refractivity contribution in [1.29, 1.82) is 0 Å². The Labute approximate surface area is 317 Å². The molecule has 1 aliphatic rings. The van der Waals surface area contributed by atoms with Crippen LogP contribution in [-0.2, 0) is 26.5 Å². The molecule has 16 heteroatoms. The normalized spacial score (nSPS) is 16.3. The smallest absolute Gasteiger partial charge is 0.349 e. The largest absolute Gasteiger partial charge is 0.506 e. The van der Waals surface area contributed by atoms with E-state index < -0.39 is 23.5 Å². The van der Waals surface area contributed by atoms with Crippen LogP contribution < -0.4 is 16.2 Å². The van der Waals surface area contributed by atoms with Gasteiger partial charge in [-0.25, -0.2) is 9.18 Å². The number of amides is 1. The average Bonchev–Trinajstić information content (AvgIpc) is 3.89. The van der Waals surface area contributed by atoms with Crippen LogP contribution in [-0.4, -0.2) is 69.4 Å². The van der Waals surface area contributed by atoms with E-state index in [1.807, 2.05) is 17.8 Å². The summed E-state index contributed by atoms with van der Waals surface area (Å²) in [7, 11) is 1.95. The monoisotopic (exact) mass is 788 g/mol. The summed E-state index contributed by atoms with van der Waals surface area (Å²) in [6.07, 6.45) is 1.70. The van der Waals surface area contributed by atoms with Gasteiger partial charge in [-0.15, -0.1) is 22.7 Å². The molecule has 0 radical (unpaired) electrons. The molecule has 1 amide bonds. The zero-order valence-corrected chi connectivity index (χ0v) is 31.0. The quantitative estimate of drug-likeness (QED) is 0.0778. The van der Waals surface area contributed by atoms with Gasteiger partial charge in [0.05, 0.1) is 27.1 Å². The number of anilines is 1. The standard InChI is InChI=1S/C38H41FN4O7S2.2FH/c1-43(24-7-9-25(10-8-24)50-37(48)38(49,32-4-2-18-51-32)33-5-3-19-52-33)17-16-35(47)41-29-13-6-23(20-28(29)39)21-40-22-31(45)26-11-14-30(44)36-27(26)12-15-34(46)42-36;;/h2-6,11-15,18-20,24-25,31,40,44-45,49H,7-10,16-17,21-22H2,1H3,(H,41,47)(H,42,46);2*1H/t24?,25?,31-;;/m0../s1. The predicted molar refractivity (Wildman–Crippen MR) is 204 cm³/mol. The lowest BCUT2D eigenvalue weighted by Gasteiger charge is -2.35. The van der Waals surface area contributed by atoms with E-state index in [0.29, 0.717) is 45.7 Å². The first-order valence-corrected chi connectivity index (χ1v) is 18.8. The molecule has 0 spiro atoms. The molecule has 11 nitrogen and oxygen atoms in total. The zero-order chi connectivity index (χ0) is 36.8. The molecule has 1 aliphatic carbocycles. The molecule has 1 saturated carbocycles. The lowest BCUT2D eigenvalue weighted by molar-refractivity contribution is -0.169. The first-order chi connectivity index (χ1) is 25.0. The van der Waals surface area contributed by atoms with Crippen molar-refractivity contribution in [1.82, 2.24) is 15.2 Å². The van der Waals surface area contributed by atoms with Gasteiger partial charge in [-0.1, -0.05) is 24.3 Å². The Kier molecular flexibility index (Phi) is 14.6. The molecule has 0 unspecified atom stereocenters. The van der Waals surface area contributed by atoms with E-state index in [9.17, 15) is 34.1 Å². The number of aliphatic hydroxyl groups excluding tert-OH is 1. The lowest BCUT2D eigenvalue weighted by Crippen LogP contribution is -2.42. The topological polar surface area (TPSA) is 164 Å². The fourth-order valence-electron chi connectivity index (χ4n) is 6.59. The summed E-state index contributed by atoms with van der Waals surface area (Å²) in [4.78, 5) is 43.5. The van der Waals surface area contributed by atoms with Crippen molar-refractivity contribution in [2.75, 3.05) is 25.5 Å². The Balaban J connectivity index is 0.00000325. The summed E-state index contributed by atoms with van der Waals surface area (Å²) in [5, 5.41) is 42.3. The lowest BCUT2D eigenvalue weighted by atomic mass is 9.91. The Morgan fingerprint density at radius 2 is 1.70 bits per heavy atom. The van der Waals surface area contributed by atoms with Crippen LogP contribution in [0, 0.1) is 5.82 Å². The van der Waals surface area contributed by atoms with E-state index in [2.05, 4.69) is 20.5 Å². The number of aromatic hydroxyl groups is 1. The minimum Gasteiger partial charge on any atom is -0.506 e. The number of ether oxygens (including phenoxy) is 1. The van der Waals surface area contributed by atoms with Crippen LogP contribution in [0.1, 0.15) is 59.1 Å². The number of fused-ring (bicyclic) bond motifs is 1. The van der Waals surface area contributed by atoms with Crippen LogP contribution in [0.15, 0.2) is 82.3 Å². The number of hydrogen-bond acceptors (Lipinski definition) is 11. The summed E-state index contributed by atoms with van der Waals surface area (Å²) in [6, 6.07) is 17.6. The molecule has 290 valence electrons. The number of benzene rings is 2. The number of nitrogens with zero attached hydrogens (tertiary/aromatic N) is 1. The second kappa shape index (κ2) is 18.6. The number of phenolic OH excluding ortho intramolecular Hbond substituents is 1. The Bertz CT molecular complexity index is 2020. The van der Waals surface area contributed by atoms with Crippen molar-refractivity contribution in [3.63, 3.8) is 0 Å². The van der Waals surface area contributed by atoms with Gasteiger partial charge in [0.1, 0.15) is 17.7 Å². The van der Waals surface area contributed by atoms with E-state index >= 15 is 0 Å². The van der Waals surface area contributed by atoms with Gasteiger partial charge in [0.15, 0.2) is 0 Å². The van der Waals surface area contributed by atoms with Crippen molar-refractivity contribution in [2.45, 2.75) is 62.5 Å². The van der Waals surface area contributed by atoms with Crippen LogP contribution in [0.2, 0.25) is 0 Å². The number of H-pyrrole nitrogens is 1. The number of thiophene rings is 2. The summed E-state index contributed by atoms with van der Waals surface area (Å²) < 4.78 is 20.8. The SMILES string of the molecule is CN(CCC(=O)Nc1ccc(CNC[C@H](O)c2ccc(O)c3[nH]c(=O)ccc23)cc1F)C1CCC(OC(=O)C(O)(c2cccs2)c2cccs2)CC1.F.F. The number of aromatic nitrogens is 1. The van der Waals surface area contributed by atoms with E-state index in [4.69, 9.17) is 4.74 Å². The number of phenols is 1. The van der Waals surface area contributed by atoms with E-state index in [1.165, 1.54) is 46.9 Å². The Hall–Kier alpha value is -4.58. The Morgan fingerprint density at radius 3 is 2.33 bits per heavy atom. The predicted octanol–water partition coefficient (Wildman–Crippen LogP) is 5.67. The zero-order valence-electron chi connectivity index (χ0n) is 29.3. The Morgan fingerprint density at radius 1 is 1.02 bits per heavy atom. The summed E-state index contributed by atoms with van der Waals surface area (Å²) in [5.74, 6) is -1.65. The maximum absolute atomic E-state index is 15.0. The van der Waals surface area contributed by atoms with Gasteiger partial charge in [-0.3, -0.25) is 19.0 Å². The highest BCUT2D eigenvalue weighted by Gasteiger charge is 2.45. The number of aromatic amines is 1. The van der Waals surface area contributed by atoms with Crippen molar-refractivity contribution < 1.29 is 43.4 Å². The summed E-state index contributed by atoms with van der Waals surface area (Å²) in [6.45, 7) is 0.856. The summed E-state index contributed by atoms with van der Waals surface area (Å²) in [5.41, 5.74) is -0.740. The number of carbonyl (C=O) groups is 2. The highest BCUT2D eigenvalue weighted by Crippen LogP contribution is 2.38. The molecular formula is C38H43F3N4O7S2. The molecule has 1 fully saturated rings. The van der Waals surface area contributed by atoms with Gasteiger partial charge in [0.25, 0.3) is 0 Å². The average molecular weight is 789 g/mol. The number of carbonyl (C=O) groups excluding carboxylic acids is 2. The van der Waals surface area contributed by atoms with Crippen molar-refractivity contribution >= 4 is 51.1 Å². The van der Waals surface area contributed by atoms with Gasteiger partial charge < -0.3 is 40.6 Å². The van der Waals surface area contributed by atoms with E-state index in [-0.39, 0.29) is 69.5 Å². The molecular weight excluding hydrogens is 746 g/mol. The third kappa shape index (κ3) is 9.55. The first-order valence-electron chi connectivity index (χ1n) is 17.1. The minimum atomic E-state index is -1.83. The second-order valence-electron chi connectivity index (χ2n) is 13.0. The molecule has 0 aliphatic heterocycles. The minimum absolute atomic E-state index is 0. The van der Waals surface area contributed by atoms with Gasteiger partial charge in [-0.05, 0) is 91.0 Å². The van der Waals surface area contributed by atoms with Crippen LogP contribution in [0.25, 0.3) is 10.9 Å². The van der Waals surface area contributed by atoms with E-state index in [1.54, 1.807) is 42.5 Å². The van der Waals surface area contributed by atoms with Gasteiger partial charge in [0, 0.05) is 43.5 Å². The van der Waals surface area contributed by atoms with Crippen LogP contribution in [0.3, 0.4) is 0 Å². The molecule has 2 aromatic carbocycles. The summed E-state index contributed by atoms with van der Waals surface area (Å²) >= 11 is 2.62. The molecule has 0 bridgehead atoms. The van der Waals surface area contributed by atoms with Crippen molar-refractivity contribution in [3.05, 3.63) is 115 Å². The first kappa shape index (κ1) is 42.2. The second-order valence-corrected chi connectivity index (χ2v) is 14.9. The highest BCUT2D eigenvalue weighted by atomic mass is 32.1. The van der Waals surface area contributed by atoms with Gasteiger partial charge >= 0.3 is 5.97 Å². The van der Waals surface area contributed by atoms with Crippen LogP contribution in [0.4, 0.5) is 19.5 Å². The van der Waals surface area contributed by atoms with Gasteiger partial charge in [-0.2, -0.15) is 0 Å². The molecule has 1 atom stereocenters. The number of esters is 1. The molecule has 0 saturated heterocycles. The maximum atomic E-state index is 15.0. The number of pyridine rings is 1. The molecule has 3 aromatic heterocycles. The highest BCUT2D eigenvalue weighted by molar-refractivity contribution is 7.12. The number of rotatable bonds is 14. The third-order valence-corrected chi connectivity index (χ3v) is 11.5. The number of aliphatic hydroxyl groups is 2. The number of hydrogen-bond donors (Lipinski definition) is 6.